The topological polar surface area (TPSA) is 51.5 Å². The molecular weight excluding hydrogens is 194 g/mol. The van der Waals surface area contributed by atoms with Crippen LogP contribution in [0.5, 0.6) is 0 Å². The number of esters is 1. The Balaban J connectivity index is 2.05. The Labute approximate surface area is 89.6 Å². The highest BCUT2D eigenvalue weighted by Gasteiger charge is 2.00. The van der Waals surface area contributed by atoms with Crippen LogP contribution in [-0.4, -0.2) is 19.6 Å². The molecule has 0 radical (unpaired) electrons. The van der Waals surface area contributed by atoms with Crippen LogP contribution in [0, 0.1) is 6.92 Å². The van der Waals surface area contributed by atoms with E-state index in [2.05, 4.69) is 10.1 Å². The summed E-state index contributed by atoms with van der Waals surface area (Å²) in [4.78, 5) is 10.8. The van der Waals surface area contributed by atoms with Crippen molar-refractivity contribution in [2.24, 2.45) is 0 Å². The number of hydrogen-bond acceptors (Lipinski definition) is 4. The van der Waals surface area contributed by atoms with Gasteiger partial charge >= 0.3 is 5.97 Å². The minimum atomic E-state index is -0.161. The summed E-state index contributed by atoms with van der Waals surface area (Å²) in [6.45, 7) is 3.41. The first-order chi connectivity index (χ1) is 7.22. The van der Waals surface area contributed by atoms with E-state index in [1.54, 1.807) is 0 Å². The maximum Gasteiger partial charge on any atom is 0.305 e. The molecular formula is C11H17NO3. The van der Waals surface area contributed by atoms with E-state index in [1.165, 1.54) is 7.11 Å². The number of nitrogens with one attached hydrogen (secondary N) is 1. The monoisotopic (exact) mass is 211 g/mol. The van der Waals surface area contributed by atoms with Crippen LogP contribution >= 0.6 is 0 Å². The molecule has 0 saturated heterocycles. The molecule has 0 amide bonds. The van der Waals surface area contributed by atoms with Gasteiger partial charge in [-0.05, 0) is 32.0 Å². The van der Waals surface area contributed by atoms with Crippen LogP contribution in [0.25, 0.3) is 0 Å². The average molecular weight is 211 g/mol. The Bertz CT molecular complexity index is 307. The fraction of sp³-hybridized carbons (Fsp3) is 0.545. The van der Waals surface area contributed by atoms with Crippen molar-refractivity contribution in [2.45, 2.75) is 26.3 Å². The third-order valence-electron chi connectivity index (χ3n) is 2.06. The molecule has 84 valence electrons. The highest BCUT2D eigenvalue weighted by molar-refractivity contribution is 5.69. The number of furan rings is 1. The van der Waals surface area contributed by atoms with Gasteiger partial charge in [-0.15, -0.1) is 0 Å². The molecule has 0 unspecified atom stereocenters. The Morgan fingerprint density at radius 3 is 2.93 bits per heavy atom. The van der Waals surface area contributed by atoms with Crippen molar-refractivity contribution < 1.29 is 13.9 Å². The third kappa shape index (κ3) is 4.65. The van der Waals surface area contributed by atoms with Gasteiger partial charge in [0.25, 0.3) is 0 Å². The van der Waals surface area contributed by atoms with Crippen molar-refractivity contribution in [2.75, 3.05) is 13.7 Å². The summed E-state index contributed by atoms with van der Waals surface area (Å²) in [6.07, 6.45) is 1.24. The number of rotatable bonds is 6. The molecule has 0 aliphatic carbocycles. The number of hydrogen-bond donors (Lipinski definition) is 1. The van der Waals surface area contributed by atoms with Gasteiger partial charge in [0.1, 0.15) is 11.5 Å². The fourth-order valence-electron chi connectivity index (χ4n) is 1.25. The minimum absolute atomic E-state index is 0.161. The smallest absolute Gasteiger partial charge is 0.305 e. The van der Waals surface area contributed by atoms with Crippen LogP contribution in [0.3, 0.4) is 0 Å². The largest absolute Gasteiger partial charge is 0.469 e. The van der Waals surface area contributed by atoms with E-state index >= 15 is 0 Å². The van der Waals surface area contributed by atoms with Crippen LogP contribution in [0.15, 0.2) is 16.5 Å². The highest BCUT2D eigenvalue weighted by atomic mass is 16.5. The number of carbonyl (C=O) groups is 1. The molecule has 1 aromatic rings. The predicted molar refractivity (Wildman–Crippen MR) is 56.4 cm³/mol. The van der Waals surface area contributed by atoms with Crippen molar-refractivity contribution in [1.82, 2.24) is 5.32 Å². The molecule has 1 N–H and O–H groups in total. The molecule has 0 aliphatic rings. The van der Waals surface area contributed by atoms with Crippen molar-refractivity contribution in [3.05, 3.63) is 23.7 Å². The Kier molecular flexibility index (Phi) is 4.90. The van der Waals surface area contributed by atoms with Crippen molar-refractivity contribution >= 4 is 5.97 Å². The average Bonchev–Trinajstić information content (AvgIpc) is 2.63. The van der Waals surface area contributed by atoms with Crippen LogP contribution in [-0.2, 0) is 16.1 Å². The molecule has 1 rings (SSSR count). The second-order valence-corrected chi connectivity index (χ2v) is 3.37. The predicted octanol–water partition coefficient (Wildman–Crippen LogP) is 1.63. The SMILES string of the molecule is COC(=O)CCCNCc1ccc(C)o1. The van der Waals surface area contributed by atoms with E-state index in [9.17, 15) is 4.79 Å². The minimum Gasteiger partial charge on any atom is -0.469 e. The number of aryl methyl sites for hydroxylation is 1. The first-order valence-electron chi connectivity index (χ1n) is 5.05. The van der Waals surface area contributed by atoms with Gasteiger partial charge in [-0.2, -0.15) is 0 Å². The maximum atomic E-state index is 10.8. The normalized spacial score (nSPS) is 10.3. The van der Waals surface area contributed by atoms with Crippen molar-refractivity contribution in [1.29, 1.82) is 0 Å². The van der Waals surface area contributed by atoms with Gasteiger partial charge in [-0.3, -0.25) is 4.79 Å². The molecule has 4 heteroatoms. The van der Waals surface area contributed by atoms with Gasteiger partial charge in [-0.1, -0.05) is 0 Å². The Morgan fingerprint density at radius 2 is 2.33 bits per heavy atom. The van der Waals surface area contributed by atoms with Crippen molar-refractivity contribution in [3.8, 4) is 0 Å². The van der Waals surface area contributed by atoms with Gasteiger partial charge in [0.05, 0.1) is 13.7 Å². The molecule has 0 atom stereocenters. The molecule has 0 spiro atoms. The highest BCUT2D eigenvalue weighted by Crippen LogP contribution is 2.05. The summed E-state index contributed by atoms with van der Waals surface area (Å²) < 4.78 is 9.91. The van der Waals surface area contributed by atoms with E-state index in [0.29, 0.717) is 13.0 Å². The molecule has 1 aromatic heterocycles. The maximum absolute atomic E-state index is 10.8. The summed E-state index contributed by atoms with van der Waals surface area (Å²) in [5.74, 6) is 1.68. The molecule has 15 heavy (non-hydrogen) atoms. The summed E-state index contributed by atoms with van der Waals surface area (Å²) in [7, 11) is 1.40. The number of methoxy groups -OCH3 is 1. The Hall–Kier alpha value is -1.29. The quantitative estimate of drug-likeness (QED) is 0.574. The van der Waals surface area contributed by atoms with E-state index in [0.717, 1.165) is 24.5 Å². The van der Waals surface area contributed by atoms with Gasteiger partial charge in [-0.25, -0.2) is 0 Å². The zero-order chi connectivity index (χ0) is 11.1. The summed E-state index contributed by atoms with van der Waals surface area (Å²) in [5.41, 5.74) is 0. The van der Waals surface area contributed by atoms with Crippen molar-refractivity contribution in [3.63, 3.8) is 0 Å². The lowest BCUT2D eigenvalue weighted by molar-refractivity contribution is -0.140. The second kappa shape index (κ2) is 6.24. The first-order valence-corrected chi connectivity index (χ1v) is 5.05. The molecule has 0 saturated carbocycles. The van der Waals surface area contributed by atoms with Crippen LogP contribution in [0.4, 0.5) is 0 Å². The fourth-order valence-corrected chi connectivity index (χ4v) is 1.25. The Morgan fingerprint density at radius 1 is 1.53 bits per heavy atom. The van der Waals surface area contributed by atoms with Gasteiger partial charge in [0, 0.05) is 6.42 Å². The number of ether oxygens (including phenoxy) is 1. The molecule has 4 nitrogen and oxygen atoms in total. The van der Waals surface area contributed by atoms with Crippen LogP contribution in [0.2, 0.25) is 0 Å². The summed E-state index contributed by atoms with van der Waals surface area (Å²) in [6, 6.07) is 3.88. The third-order valence-corrected chi connectivity index (χ3v) is 2.06. The molecule has 0 aromatic carbocycles. The number of carbonyl (C=O) groups excluding carboxylic acids is 1. The van der Waals surface area contributed by atoms with E-state index in [-0.39, 0.29) is 5.97 Å². The van der Waals surface area contributed by atoms with Gasteiger partial charge in [0.15, 0.2) is 0 Å². The first kappa shape index (κ1) is 11.8. The summed E-state index contributed by atoms with van der Waals surface area (Å²) in [5, 5.41) is 3.19. The van der Waals surface area contributed by atoms with E-state index in [4.69, 9.17) is 4.42 Å². The van der Waals surface area contributed by atoms with Crippen LogP contribution < -0.4 is 5.32 Å². The van der Waals surface area contributed by atoms with E-state index in [1.807, 2.05) is 19.1 Å². The standard InChI is InChI=1S/C11H17NO3/c1-9-5-6-10(15-9)8-12-7-3-4-11(13)14-2/h5-6,12H,3-4,7-8H2,1-2H3. The zero-order valence-corrected chi connectivity index (χ0v) is 9.21. The lowest BCUT2D eigenvalue weighted by Crippen LogP contribution is -2.15. The lowest BCUT2D eigenvalue weighted by atomic mass is 10.3. The van der Waals surface area contributed by atoms with Gasteiger partial charge < -0.3 is 14.5 Å². The van der Waals surface area contributed by atoms with Crippen LogP contribution in [0.1, 0.15) is 24.4 Å². The van der Waals surface area contributed by atoms with Gasteiger partial charge in [0.2, 0.25) is 0 Å². The molecule has 1 heterocycles. The second-order valence-electron chi connectivity index (χ2n) is 3.37. The lowest BCUT2D eigenvalue weighted by Gasteiger charge is -2.01. The molecule has 0 fully saturated rings. The molecule has 0 aliphatic heterocycles. The van der Waals surface area contributed by atoms with E-state index < -0.39 is 0 Å². The summed E-state index contributed by atoms with van der Waals surface area (Å²) >= 11 is 0. The molecule has 0 bridgehead atoms. The zero-order valence-electron chi connectivity index (χ0n) is 9.21.